The number of likely N-dealkylation sites (N-methyl/N-ethyl adjacent to an activating group) is 2. The van der Waals surface area contributed by atoms with Gasteiger partial charge in [-0.2, -0.15) is 0 Å². The van der Waals surface area contributed by atoms with Crippen molar-refractivity contribution in [1.82, 2.24) is 19.7 Å². The van der Waals surface area contributed by atoms with Gasteiger partial charge in [0, 0.05) is 57.2 Å². The number of aromatic amines is 1. The largest absolute Gasteiger partial charge is 0.390 e. The highest BCUT2D eigenvalue weighted by Crippen LogP contribution is 2.19. The maximum Gasteiger partial charge on any atom is 0.270 e. The van der Waals surface area contributed by atoms with Crippen LogP contribution in [0.4, 0.5) is 4.39 Å². The zero-order valence-electron chi connectivity index (χ0n) is 14.7. The van der Waals surface area contributed by atoms with E-state index in [2.05, 4.69) is 21.8 Å². The molecule has 25 heavy (non-hydrogen) atoms. The minimum atomic E-state index is -0.613. The lowest BCUT2D eigenvalue weighted by Crippen LogP contribution is -2.49. The van der Waals surface area contributed by atoms with Crippen molar-refractivity contribution in [2.24, 2.45) is 0 Å². The number of H-pyrrole nitrogens is 1. The number of hydrogen-bond donors (Lipinski definition) is 2. The molecule has 0 aliphatic carbocycles. The molecule has 2 aromatic rings. The fourth-order valence-electron chi connectivity index (χ4n) is 3.22. The summed E-state index contributed by atoms with van der Waals surface area (Å²) in [6.07, 6.45) is -0.613. The van der Waals surface area contributed by atoms with Crippen molar-refractivity contribution in [2.75, 3.05) is 53.4 Å². The maximum absolute atomic E-state index is 13.8. The average Bonchev–Trinajstić information content (AvgIpc) is 3.02. The van der Waals surface area contributed by atoms with Crippen LogP contribution in [0.3, 0.4) is 0 Å². The smallest absolute Gasteiger partial charge is 0.270 e. The highest BCUT2D eigenvalue weighted by molar-refractivity contribution is 5.98. The number of nitrogens with one attached hydrogen (secondary N) is 1. The van der Waals surface area contributed by atoms with Crippen LogP contribution in [0.5, 0.6) is 0 Å². The van der Waals surface area contributed by atoms with E-state index in [-0.39, 0.29) is 18.3 Å². The van der Waals surface area contributed by atoms with E-state index in [0.29, 0.717) is 23.1 Å². The Morgan fingerprint density at radius 1 is 1.36 bits per heavy atom. The van der Waals surface area contributed by atoms with Gasteiger partial charge in [-0.05, 0) is 25.2 Å². The molecule has 6 nitrogen and oxygen atoms in total. The van der Waals surface area contributed by atoms with Gasteiger partial charge in [-0.1, -0.05) is 6.07 Å². The number of aliphatic hydroxyl groups excluding tert-OH is 1. The van der Waals surface area contributed by atoms with Crippen LogP contribution in [-0.2, 0) is 0 Å². The number of nitrogens with zero attached hydrogens (tertiary/aromatic N) is 3. The van der Waals surface area contributed by atoms with Gasteiger partial charge < -0.3 is 19.9 Å². The Morgan fingerprint density at radius 3 is 2.76 bits per heavy atom. The molecule has 3 rings (SSSR count). The van der Waals surface area contributed by atoms with Gasteiger partial charge in [0.25, 0.3) is 5.91 Å². The van der Waals surface area contributed by atoms with Gasteiger partial charge in [0.1, 0.15) is 11.5 Å². The third-order valence-corrected chi connectivity index (χ3v) is 4.74. The molecule has 136 valence electrons. The first-order chi connectivity index (χ1) is 11.9. The van der Waals surface area contributed by atoms with E-state index in [4.69, 9.17) is 0 Å². The third-order valence-electron chi connectivity index (χ3n) is 4.74. The molecule has 1 aromatic carbocycles. The van der Waals surface area contributed by atoms with E-state index < -0.39 is 6.10 Å². The van der Waals surface area contributed by atoms with Crippen molar-refractivity contribution in [3.8, 4) is 0 Å². The predicted octanol–water partition coefficient (Wildman–Crippen LogP) is 0.987. The molecule has 2 N–H and O–H groups in total. The number of benzene rings is 1. The second-order valence-electron chi connectivity index (χ2n) is 6.83. The summed E-state index contributed by atoms with van der Waals surface area (Å²) in [6.45, 7) is 4.61. The fourth-order valence-corrected chi connectivity index (χ4v) is 3.22. The van der Waals surface area contributed by atoms with Crippen molar-refractivity contribution in [3.63, 3.8) is 0 Å². The van der Waals surface area contributed by atoms with Crippen LogP contribution < -0.4 is 0 Å². The van der Waals surface area contributed by atoms with E-state index >= 15 is 0 Å². The molecule has 1 saturated heterocycles. The van der Waals surface area contributed by atoms with Crippen LogP contribution in [0, 0.1) is 5.82 Å². The zero-order chi connectivity index (χ0) is 18.0. The van der Waals surface area contributed by atoms with E-state index in [0.717, 1.165) is 26.2 Å². The molecule has 1 amide bonds. The number of carbonyl (C=O) groups excluding carboxylic acids is 1. The third kappa shape index (κ3) is 4.18. The number of β-amino-alcohol motifs (C(OH)–C–C–N with tert-alkyl or cyclic N) is 1. The molecule has 0 spiro atoms. The SMILES string of the molecule is CN1CCN(CC(O)CN(C)C(=O)c2cc3c(F)cccc3[nH]2)CC1. The molecule has 1 aromatic heterocycles. The number of aliphatic hydroxyl groups is 1. The predicted molar refractivity (Wildman–Crippen MR) is 95.2 cm³/mol. The Balaban J connectivity index is 1.58. The summed E-state index contributed by atoms with van der Waals surface area (Å²) >= 11 is 0. The van der Waals surface area contributed by atoms with Crippen LogP contribution >= 0.6 is 0 Å². The van der Waals surface area contributed by atoms with Crippen LogP contribution in [0.15, 0.2) is 24.3 Å². The average molecular weight is 348 g/mol. The van der Waals surface area contributed by atoms with Crippen molar-refractivity contribution in [2.45, 2.75) is 6.10 Å². The van der Waals surface area contributed by atoms with Gasteiger partial charge in [-0.3, -0.25) is 9.69 Å². The number of fused-ring (bicyclic) bond motifs is 1. The Kier molecular flexibility index (Phi) is 5.36. The molecule has 0 saturated carbocycles. The number of rotatable bonds is 5. The summed E-state index contributed by atoms with van der Waals surface area (Å²) in [7, 11) is 3.74. The Bertz CT molecular complexity index is 740. The minimum absolute atomic E-state index is 0.239. The normalized spacial score (nSPS) is 17.8. The number of piperazine rings is 1. The molecular weight excluding hydrogens is 323 g/mol. The zero-order valence-corrected chi connectivity index (χ0v) is 14.7. The van der Waals surface area contributed by atoms with Crippen LogP contribution in [-0.4, -0.2) is 90.2 Å². The molecule has 2 heterocycles. The van der Waals surface area contributed by atoms with Crippen LogP contribution in [0.1, 0.15) is 10.5 Å². The fraction of sp³-hybridized carbons (Fsp3) is 0.500. The van der Waals surface area contributed by atoms with Crippen molar-refractivity contribution in [3.05, 3.63) is 35.8 Å². The van der Waals surface area contributed by atoms with E-state index in [1.807, 2.05) is 0 Å². The van der Waals surface area contributed by atoms with Crippen molar-refractivity contribution < 1.29 is 14.3 Å². The molecule has 1 fully saturated rings. The number of amides is 1. The lowest BCUT2D eigenvalue weighted by Gasteiger charge is -2.34. The number of halogens is 1. The molecule has 0 radical (unpaired) electrons. The van der Waals surface area contributed by atoms with Crippen LogP contribution in [0.25, 0.3) is 10.9 Å². The summed E-state index contributed by atoms with van der Waals surface area (Å²) in [6, 6.07) is 6.23. The molecule has 0 bridgehead atoms. The molecule has 7 heteroatoms. The molecule has 1 aliphatic rings. The van der Waals surface area contributed by atoms with Gasteiger partial charge in [0.2, 0.25) is 0 Å². The first-order valence-electron chi connectivity index (χ1n) is 8.55. The number of aromatic nitrogens is 1. The molecule has 1 unspecified atom stereocenters. The van der Waals surface area contributed by atoms with Gasteiger partial charge in [0.05, 0.1) is 6.10 Å². The van der Waals surface area contributed by atoms with E-state index in [1.54, 1.807) is 19.2 Å². The highest BCUT2D eigenvalue weighted by atomic mass is 19.1. The Morgan fingerprint density at radius 2 is 2.08 bits per heavy atom. The maximum atomic E-state index is 13.8. The first kappa shape index (κ1) is 17.8. The Hall–Kier alpha value is -1.96. The summed E-state index contributed by atoms with van der Waals surface area (Å²) < 4.78 is 13.8. The first-order valence-corrected chi connectivity index (χ1v) is 8.55. The highest BCUT2D eigenvalue weighted by Gasteiger charge is 2.21. The second-order valence-corrected chi connectivity index (χ2v) is 6.83. The van der Waals surface area contributed by atoms with E-state index in [9.17, 15) is 14.3 Å². The monoisotopic (exact) mass is 348 g/mol. The number of carbonyl (C=O) groups is 1. The number of hydrogen-bond acceptors (Lipinski definition) is 4. The van der Waals surface area contributed by atoms with Gasteiger partial charge in [-0.15, -0.1) is 0 Å². The summed E-state index contributed by atoms with van der Waals surface area (Å²) in [5, 5.41) is 10.7. The van der Waals surface area contributed by atoms with Crippen molar-refractivity contribution in [1.29, 1.82) is 0 Å². The molecule has 1 atom stereocenters. The minimum Gasteiger partial charge on any atom is -0.390 e. The van der Waals surface area contributed by atoms with Crippen molar-refractivity contribution >= 4 is 16.8 Å². The summed E-state index contributed by atoms with van der Waals surface area (Å²) in [5.74, 6) is -0.612. The van der Waals surface area contributed by atoms with Gasteiger partial charge >= 0.3 is 0 Å². The summed E-state index contributed by atoms with van der Waals surface area (Å²) in [4.78, 5) is 21.4. The van der Waals surface area contributed by atoms with E-state index in [1.165, 1.54) is 17.0 Å². The summed E-state index contributed by atoms with van der Waals surface area (Å²) in [5.41, 5.74) is 0.920. The lowest BCUT2D eigenvalue weighted by atomic mass is 10.2. The quantitative estimate of drug-likeness (QED) is 0.846. The molecule has 1 aliphatic heterocycles. The van der Waals surface area contributed by atoms with Crippen LogP contribution in [0.2, 0.25) is 0 Å². The van der Waals surface area contributed by atoms with Gasteiger partial charge in [0.15, 0.2) is 0 Å². The standard InChI is InChI=1S/C18H25FN4O2/c1-21-6-8-23(9-7-21)12-13(24)11-22(2)18(25)17-10-14-15(19)4-3-5-16(14)20-17/h3-5,10,13,20,24H,6-9,11-12H2,1-2H3. The lowest BCUT2D eigenvalue weighted by molar-refractivity contribution is 0.0499. The second kappa shape index (κ2) is 7.51. The topological polar surface area (TPSA) is 62.8 Å². The molecular formula is C18H25FN4O2. The Labute approximate surface area is 146 Å². The van der Waals surface area contributed by atoms with Gasteiger partial charge in [-0.25, -0.2) is 4.39 Å².